The van der Waals surface area contributed by atoms with Gasteiger partial charge in [0.15, 0.2) is 11.4 Å². The lowest BCUT2D eigenvalue weighted by Gasteiger charge is -2.04. The van der Waals surface area contributed by atoms with Crippen molar-refractivity contribution in [3.8, 4) is 6.07 Å². The predicted octanol–water partition coefficient (Wildman–Crippen LogP) is 1.43. The van der Waals surface area contributed by atoms with Gasteiger partial charge < -0.3 is 15.4 Å². The van der Waals surface area contributed by atoms with Crippen LogP contribution < -0.4 is 5.32 Å². The SMILES string of the molecule is N#CCc1ccc(NC(=O)c2nc[nH]c2C(=O)O)cc1. The second kappa shape index (κ2) is 5.67. The summed E-state index contributed by atoms with van der Waals surface area (Å²) in [4.78, 5) is 28.9. The molecule has 7 heteroatoms. The Morgan fingerprint density at radius 3 is 2.65 bits per heavy atom. The number of amides is 1. The number of H-pyrrole nitrogens is 1. The van der Waals surface area contributed by atoms with Crippen LogP contribution in [-0.4, -0.2) is 27.0 Å². The van der Waals surface area contributed by atoms with Crippen molar-refractivity contribution < 1.29 is 14.7 Å². The van der Waals surface area contributed by atoms with Crippen molar-refractivity contribution in [2.45, 2.75) is 6.42 Å². The quantitative estimate of drug-likeness (QED) is 0.776. The molecule has 1 amide bonds. The molecule has 20 heavy (non-hydrogen) atoms. The molecule has 3 N–H and O–H groups in total. The Hall–Kier alpha value is -3.14. The molecule has 2 aromatic rings. The van der Waals surface area contributed by atoms with Gasteiger partial charge >= 0.3 is 5.97 Å². The average molecular weight is 270 g/mol. The van der Waals surface area contributed by atoms with Crippen LogP contribution in [0.2, 0.25) is 0 Å². The van der Waals surface area contributed by atoms with Crippen LogP contribution in [0.5, 0.6) is 0 Å². The monoisotopic (exact) mass is 270 g/mol. The second-order valence-corrected chi connectivity index (χ2v) is 3.92. The summed E-state index contributed by atoms with van der Waals surface area (Å²) in [6.45, 7) is 0. The van der Waals surface area contributed by atoms with Crippen molar-refractivity contribution in [1.29, 1.82) is 5.26 Å². The standard InChI is InChI=1S/C13H10N4O3/c14-6-5-8-1-3-9(4-2-8)17-12(18)10-11(13(19)20)16-7-15-10/h1-4,7H,5H2,(H,15,16)(H,17,18)(H,19,20). The molecule has 0 saturated carbocycles. The number of carboxylic acids is 1. The van der Waals surface area contributed by atoms with E-state index in [0.29, 0.717) is 5.69 Å². The van der Waals surface area contributed by atoms with Crippen molar-refractivity contribution in [2.24, 2.45) is 0 Å². The Kier molecular flexibility index (Phi) is 3.77. The molecular weight excluding hydrogens is 260 g/mol. The van der Waals surface area contributed by atoms with E-state index in [4.69, 9.17) is 10.4 Å². The van der Waals surface area contributed by atoms with E-state index in [1.165, 1.54) is 0 Å². The van der Waals surface area contributed by atoms with Gasteiger partial charge in [-0.05, 0) is 17.7 Å². The van der Waals surface area contributed by atoms with Crippen molar-refractivity contribution >= 4 is 17.6 Å². The van der Waals surface area contributed by atoms with Crippen LogP contribution in [0, 0.1) is 11.3 Å². The molecule has 0 aliphatic heterocycles. The summed E-state index contributed by atoms with van der Waals surface area (Å²) in [5.41, 5.74) is 0.884. The van der Waals surface area contributed by atoms with Gasteiger partial charge in [0, 0.05) is 5.69 Å². The summed E-state index contributed by atoms with van der Waals surface area (Å²) < 4.78 is 0. The number of benzene rings is 1. The van der Waals surface area contributed by atoms with Crippen LogP contribution in [0.25, 0.3) is 0 Å². The molecule has 1 aromatic heterocycles. The summed E-state index contributed by atoms with van der Waals surface area (Å²) in [6, 6.07) is 8.71. The predicted molar refractivity (Wildman–Crippen MR) is 69.3 cm³/mol. The molecule has 0 fully saturated rings. The fraction of sp³-hybridized carbons (Fsp3) is 0.0769. The highest BCUT2D eigenvalue weighted by molar-refractivity contribution is 6.08. The van der Waals surface area contributed by atoms with Crippen LogP contribution in [0.15, 0.2) is 30.6 Å². The maximum atomic E-state index is 11.9. The fourth-order valence-corrected chi connectivity index (χ4v) is 1.62. The van der Waals surface area contributed by atoms with Crippen LogP contribution in [0.1, 0.15) is 26.5 Å². The highest BCUT2D eigenvalue weighted by Gasteiger charge is 2.19. The number of anilines is 1. The van der Waals surface area contributed by atoms with E-state index < -0.39 is 11.9 Å². The summed E-state index contributed by atoms with van der Waals surface area (Å²) in [6.07, 6.45) is 1.44. The number of carbonyl (C=O) groups excluding carboxylic acids is 1. The number of carboxylic acid groups (broad SMARTS) is 1. The van der Waals surface area contributed by atoms with Crippen molar-refractivity contribution in [2.75, 3.05) is 5.32 Å². The molecule has 0 aliphatic rings. The first-order valence-corrected chi connectivity index (χ1v) is 5.65. The molecule has 7 nitrogen and oxygen atoms in total. The minimum absolute atomic E-state index is 0.182. The number of hydrogen-bond acceptors (Lipinski definition) is 4. The smallest absolute Gasteiger partial charge is 0.354 e. The van der Waals surface area contributed by atoms with E-state index >= 15 is 0 Å². The Bertz CT molecular complexity index is 682. The van der Waals surface area contributed by atoms with E-state index in [2.05, 4.69) is 15.3 Å². The van der Waals surface area contributed by atoms with Gasteiger partial charge in [0.2, 0.25) is 0 Å². The van der Waals surface area contributed by atoms with Crippen molar-refractivity contribution in [1.82, 2.24) is 9.97 Å². The highest BCUT2D eigenvalue weighted by atomic mass is 16.4. The number of aromatic nitrogens is 2. The molecule has 0 spiro atoms. The van der Waals surface area contributed by atoms with Crippen LogP contribution in [-0.2, 0) is 6.42 Å². The molecule has 1 heterocycles. The zero-order valence-corrected chi connectivity index (χ0v) is 10.3. The van der Waals surface area contributed by atoms with Gasteiger partial charge in [0.25, 0.3) is 5.91 Å². The molecule has 0 saturated heterocycles. The molecule has 0 unspecified atom stereocenters. The van der Waals surface area contributed by atoms with Gasteiger partial charge in [-0.15, -0.1) is 0 Å². The number of aromatic amines is 1. The topological polar surface area (TPSA) is 119 Å². The van der Waals surface area contributed by atoms with E-state index in [1.54, 1.807) is 24.3 Å². The van der Waals surface area contributed by atoms with Crippen molar-refractivity contribution in [3.05, 3.63) is 47.5 Å². The molecule has 0 atom stereocenters. The van der Waals surface area contributed by atoms with Gasteiger partial charge in [-0.1, -0.05) is 12.1 Å². The first-order chi connectivity index (χ1) is 9.61. The van der Waals surface area contributed by atoms with E-state index in [-0.39, 0.29) is 17.8 Å². The third-order valence-electron chi connectivity index (χ3n) is 2.56. The number of imidazole rings is 1. The van der Waals surface area contributed by atoms with E-state index in [1.807, 2.05) is 6.07 Å². The molecular formula is C13H10N4O3. The number of nitrogens with zero attached hydrogens (tertiary/aromatic N) is 2. The van der Waals surface area contributed by atoms with Crippen LogP contribution in [0.4, 0.5) is 5.69 Å². The molecule has 1 aromatic carbocycles. The van der Waals surface area contributed by atoms with Crippen LogP contribution >= 0.6 is 0 Å². The number of nitriles is 1. The summed E-state index contributed by atoms with van der Waals surface area (Å²) in [5.74, 6) is -1.87. The van der Waals surface area contributed by atoms with Crippen LogP contribution in [0.3, 0.4) is 0 Å². The maximum Gasteiger partial charge on any atom is 0.354 e. The van der Waals surface area contributed by atoms with E-state index in [0.717, 1.165) is 11.9 Å². The fourth-order valence-electron chi connectivity index (χ4n) is 1.62. The minimum Gasteiger partial charge on any atom is -0.477 e. The molecule has 0 bridgehead atoms. The zero-order valence-electron chi connectivity index (χ0n) is 10.3. The van der Waals surface area contributed by atoms with Gasteiger partial charge in [-0.2, -0.15) is 5.26 Å². The third-order valence-corrected chi connectivity index (χ3v) is 2.56. The lowest BCUT2D eigenvalue weighted by molar-refractivity contribution is 0.0686. The van der Waals surface area contributed by atoms with Gasteiger partial charge in [0.1, 0.15) is 0 Å². The first-order valence-electron chi connectivity index (χ1n) is 5.65. The van der Waals surface area contributed by atoms with Gasteiger partial charge in [-0.25, -0.2) is 9.78 Å². The number of aromatic carboxylic acids is 1. The largest absolute Gasteiger partial charge is 0.477 e. The summed E-state index contributed by atoms with van der Waals surface area (Å²) >= 11 is 0. The molecule has 100 valence electrons. The number of nitrogens with one attached hydrogen (secondary N) is 2. The van der Waals surface area contributed by atoms with Gasteiger partial charge in [0.05, 0.1) is 18.8 Å². The highest BCUT2D eigenvalue weighted by Crippen LogP contribution is 2.12. The van der Waals surface area contributed by atoms with Gasteiger partial charge in [-0.3, -0.25) is 4.79 Å². The molecule has 0 radical (unpaired) electrons. The Morgan fingerprint density at radius 2 is 2.05 bits per heavy atom. The first kappa shape index (κ1) is 13.3. The number of hydrogen-bond donors (Lipinski definition) is 3. The summed E-state index contributed by atoms with van der Waals surface area (Å²) in [7, 11) is 0. The molecule has 2 rings (SSSR count). The second-order valence-electron chi connectivity index (χ2n) is 3.92. The Labute approximate surface area is 113 Å². The summed E-state index contributed by atoms with van der Waals surface area (Å²) in [5, 5.41) is 20.0. The third kappa shape index (κ3) is 2.81. The lowest BCUT2D eigenvalue weighted by Crippen LogP contribution is -2.16. The number of carbonyl (C=O) groups is 2. The maximum absolute atomic E-state index is 11.9. The Morgan fingerprint density at radius 1 is 1.35 bits per heavy atom. The lowest BCUT2D eigenvalue weighted by atomic mass is 10.1. The Balaban J connectivity index is 2.13. The minimum atomic E-state index is -1.25. The zero-order chi connectivity index (χ0) is 14.5. The molecule has 0 aliphatic carbocycles. The van der Waals surface area contributed by atoms with E-state index in [9.17, 15) is 9.59 Å². The normalized spacial score (nSPS) is 9.75. The average Bonchev–Trinajstić information content (AvgIpc) is 2.91. The number of rotatable bonds is 4. The van der Waals surface area contributed by atoms with Crippen molar-refractivity contribution in [3.63, 3.8) is 0 Å².